The maximum absolute atomic E-state index is 12.5. The van der Waals surface area contributed by atoms with Crippen LogP contribution in [-0.2, 0) is 19.6 Å². The molecule has 0 bridgehead atoms. The maximum Gasteiger partial charge on any atom is 0.330 e. The fourth-order valence-electron chi connectivity index (χ4n) is 2.35. The molecule has 21 heavy (non-hydrogen) atoms. The van der Waals surface area contributed by atoms with Crippen molar-refractivity contribution in [3.63, 3.8) is 0 Å². The predicted molar refractivity (Wildman–Crippen MR) is 75.1 cm³/mol. The Morgan fingerprint density at radius 1 is 1.29 bits per heavy atom. The van der Waals surface area contributed by atoms with Gasteiger partial charge in [-0.3, -0.25) is 4.79 Å². The second kappa shape index (κ2) is 5.85. The number of sulfonamides is 1. The first kappa shape index (κ1) is 15.5. The molecule has 114 valence electrons. The Morgan fingerprint density at radius 2 is 1.95 bits per heavy atom. The third kappa shape index (κ3) is 2.53. The van der Waals surface area contributed by atoms with Crippen LogP contribution >= 0.6 is 0 Å². The van der Waals surface area contributed by atoms with Crippen LogP contribution in [0.3, 0.4) is 0 Å². The second-order valence-corrected chi connectivity index (χ2v) is 6.44. The fraction of sp³-hybridized carbons (Fsp3) is 0.429. The third-order valence-corrected chi connectivity index (χ3v) is 5.11. The minimum absolute atomic E-state index is 0.0552. The molecule has 1 atom stereocenters. The molecule has 6 nitrogen and oxygen atoms in total. The van der Waals surface area contributed by atoms with Crippen LogP contribution in [0, 0.1) is 0 Å². The molecule has 0 saturated heterocycles. The molecule has 0 fully saturated rings. The molecule has 0 saturated carbocycles. The molecule has 0 spiro atoms. The smallest absolute Gasteiger partial charge is 0.330 e. The van der Waals surface area contributed by atoms with Crippen molar-refractivity contribution in [2.45, 2.75) is 37.6 Å². The minimum atomic E-state index is -4.00. The van der Waals surface area contributed by atoms with Crippen molar-refractivity contribution in [2.75, 3.05) is 6.61 Å². The van der Waals surface area contributed by atoms with Gasteiger partial charge < -0.3 is 4.74 Å². The van der Waals surface area contributed by atoms with Gasteiger partial charge in [-0.15, -0.1) is 0 Å². The Morgan fingerprint density at radius 3 is 2.52 bits per heavy atom. The van der Waals surface area contributed by atoms with Crippen molar-refractivity contribution in [3.05, 3.63) is 29.8 Å². The van der Waals surface area contributed by atoms with Gasteiger partial charge in [-0.25, -0.2) is 17.5 Å². The largest absolute Gasteiger partial charge is 0.464 e. The molecule has 0 radical (unpaired) electrons. The summed E-state index contributed by atoms with van der Waals surface area (Å²) < 4.78 is 30.6. The van der Waals surface area contributed by atoms with E-state index >= 15 is 0 Å². The summed E-state index contributed by atoms with van der Waals surface area (Å²) in [5.74, 6) is -1.36. The lowest BCUT2D eigenvalue weighted by Gasteiger charge is -2.24. The summed E-state index contributed by atoms with van der Waals surface area (Å²) in [4.78, 5) is 24.3. The third-order valence-electron chi connectivity index (χ3n) is 3.26. The van der Waals surface area contributed by atoms with Crippen LogP contribution in [-0.4, -0.2) is 37.2 Å². The van der Waals surface area contributed by atoms with Gasteiger partial charge in [0, 0.05) is 0 Å². The van der Waals surface area contributed by atoms with Crippen LogP contribution < -0.4 is 0 Å². The fourth-order valence-corrected chi connectivity index (χ4v) is 4.09. The van der Waals surface area contributed by atoms with Gasteiger partial charge in [-0.2, -0.15) is 0 Å². The minimum Gasteiger partial charge on any atom is -0.464 e. The van der Waals surface area contributed by atoms with Crippen molar-refractivity contribution in [3.8, 4) is 0 Å². The zero-order valence-corrected chi connectivity index (χ0v) is 12.7. The molecule has 1 aromatic rings. The van der Waals surface area contributed by atoms with Gasteiger partial charge in [0.15, 0.2) is 0 Å². The highest BCUT2D eigenvalue weighted by molar-refractivity contribution is 7.90. The second-order valence-electron chi connectivity index (χ2n) is 4.66. The highest BCUT2D eigenvalue weighted by Gasteiger charge is 2.47. The summed E-state index contributed by atoms with van der Waals surface area (Å²) in [6, 6.07) is 4.85. The summed E-state index contributed by atoms with van der Waals surface area (Å²) in [5.41, 5.74) is 0.0999. The summed E-state index contributed by atoms with van der Waals surface area (Å²) >= 11 is 0. The Balaban J connectivity index is 2.48. The number of fused-ring (bicyclic) bond motifs is 1. The van der Waals surface area contributed by atoms with Crippen molar-refractivity contribution in [2.24, 2.45) is 0 Å². The van der Waals surface area contributed by atoms with E-state index in [1.165, 1.54) is 12.1 Å². The predicted octanol–water partition coefficient (Wildman–Crippen LogP) is 1.56. The molecule has 0 aromatic heterocycles. The molecule has 1 amide bonds. The Labute approximate surface area is 123 Å². The molecule has 0 aliphatic carbocycles. The zero-order chi connectivity index (χ0) is 15.6. The number of rotatable bonds is 5. The van der Waals surface area contributed by atoms with Crippen LogP contribution in [0.25, 0.3) is 0 Å². The molecule has 1 aromatic carbocycles. The Bertz CT molecular complexity index is 668. The van der Waals surface area contributed by atoms with Crippen molar-refractivity contribution in [1.82, 2.24) is 4.31 Å². The Hall–Kier alpha value is -1.89. The van der Waals surface area contributed by atoms with Gasteiger partial charge in [0.25, 0.3) is 15.9 Å². The SMILES string of the molecule is CCC[C@H](C(=O)OCC)N1C(=O)c2ccccc2S1(=O)=O. The summed E-state index contributed by atoms with van der Waals surface area (Å²) in [5, 5.41) is 0. The van der Waals surface area contributed by atoms with Crippen LogP contribution in [0.4, 0.5) is 0 Å². The lowest BCUT2D eigenvalue weighted by atomic mass is 10.1. The summed E-state index contributed by atoms with van der Waals surface area (Å²) in [7, 11) is -4.00. The first-order valence-electron chi connectivity index (χ1n) is 6.79. The zero-order valence-electron chi connectivity index (χ0n) is 11.9. The quantitative estimate of drug-likeness (QED) is 0.771. The van der Waals surface area contributed by atoms with Gasteiger partial charge in [0.2, 0.25) is 0 Å². The highest BCUT2D eigenvalue weighted by atomic mass is 32.2. The number of amides is 1. The van der Waals surface area contributed by atoms with Crippen LogP contribution in [0.1, 0.15) is 37.0 Å². The van der Waals surface area contributed by atoms with Crippen LogP contribution in [0.15, 0.2) is 29.2 Å². The molecular weight excluding hydrogens is 294 g/mol. The van der Waals surface area contributed by atoms with Gasteiger partial charge in [0.05, 0.1) is 12.2 Å². The highest BCUT2D eigenvalue weighted by Crippen LogP contribution is 2.33. The summed E-state index contributed by atoms with van der Waals surface area (Å²) in [6.07, 6.45) is 0.789. The molecular formula is C14H17NO5S. The number of benzene rings is 1. The first-order valence-corrected chi connectivity index (χ1v) is 8.23. The normalized spacial score (nSPS) is 17.4. The molecule has 0 unspecified atom stereocenters. The van der Waals surface area contributed by atoms with Gasteiger partial charge in [0.1, 0.15) is 10.9 Å². The van der Waals surface area contributed by atoms with Crippen molar-refractivity contribution < 1.29 is 22.7 Å². The molecule has 0 N–H and O–H groups in total. The van der Waals surface area contributed by atoms with Crippen molar-refractivity contribution >= 4 is 21.9 Å². The van der Waals surface area contributed by atoms with E-state index in [9.17, 15) is 18.0 Å². The van der Waals surface area contributed by atoms with Gasteiger partial charge in [-0.05, 0) is 25.5 Å². The molecule has 1 aliphatic rings. The number of carbonyl (C=O) groups excluding carboxylic acids is 2. The molecule has 2 rings (SSSR count). The van der Waals surface area contributed by atoms with Gasteiger partial charge >= 0.3 is 5.97 Å². The number of carbonyl (C=O) groups is 2. The lowest BCUT2D eigenvalue weighted by Crippen LogP contribution is -2.45. The topological polar surface area (TPSA) is 80.8 Å². The van der Waals surface area contributed by atoms with E-state index in [-0.39, 0.29) is 23.5 Å². The van der Waals surface area contributed by atoms with E-state index in [2.05, 4.69) is 0 Å². The lowest BCUT2D eigenvalue weighted by molar-refractivity contribution is -0.147. The number of hydrogen-bond acceptors (Lipinski definition) is 5. The average molecular weight is 311 g/mol. The standard InChI is InChI=1S/C14H17NO5S/c1-3-7-11(14(17)20-4-2)15-13(16)10-8-5-6-9-12(10)21(15,18)19/h5-6,8-9,11H,3-4,7H2,1-2H3/t11-/m1/s1. The van der Waals surface area contributed by atoms with E-state index in [1.54, 1.807) is 19.1 Å². The van der Waals surface area contributed by atoms with E-state index in [4.69, 9.17) is 4.74 Å². The van der Waals surface area contributed by atoms with Gasteiger partial charge in [-0.1, -0.05) is 25.5 Å². The van der Waals surface area contributed by atoms with E-state index < -0.39 is 27.9 Å². The van der Waals surface area contributed by atoms with E-state index in [1.807, 2.05) is 6.92 Å². The van der Waals surface area contributed by atoms with E-state index in [0.29, 0.717) is 10.7 Å². The number of hydrogen-bond donors (Lipinski definition) is 0. The average Bonchev–Trinajstić information content (AvgIpc) is 2.65. The molecule has 1 aliphatic heterocycles. The van der Waals surface area contributed by atoms with Crippen LogP contribution in [0.2, 0.25) is 0 Å². The number of nitrogens with zero attached hydrogens (tertiary/aromatic N) is 1. The monoisotopic (exact) mass is 311 g/mol. The van der Waals surface area contributed by atoms with Crippen molar-refractivity contribution in [1.29, 1.82) is 0 Å². The first-order chi connectivity index (χ1) is 9.95. The molecule has 7 heteroatoms. The number of esters is 1. The summed E-state index contributed by atoms with van der Waals surface area (Å²) in [6.45, 7) is 3.58. The van der Waals surface area contributed by atoms with E-state index in [0.717, 1.165) is 0 Å². The molecule has 1 heterocycles. The Kier molecular flexibility index (Phi) is 4.32. The number of ether oxygens (including phenoxy) is 1. The maximum atomic E-state index is 12.5. The van der Waals surface area contributed by atoms with Crippen LogP contribution in [0.5, 0.6) is 0 Å².